The van der Waals surface area contributed by atoms with Crippen LogP contribution >= 0.6 is 0 Å². The van der Waals surface area contributed by atoms with E-state index in [1.807, 2.05) is 0 Å². The van der Waals surface area contributed by atoms with Crippen molar-refractivity contribution in [1.29, 1.82) is 0 Å². The predicted octanol–water partition coefficient (Wildman–Crippen LogP) is 1.03. The van der Waals surface area contributed by atoms with E-state index in [1.165, 1.54) is 6.33 Å². The second-order valence-electron chi connectivity index (χ2n) is 2.05. The van der Waals surface area contributed by atoms with E-state index in [9.17, 15) is 4.39 Å². The maximum atomic E-state index is 11.6. The molecule has 0 aliphatic carbocycles. The number of aryl methyl sites for hydroxylation is 1. The molecule has 0 aliphatic heterocycles. The second-order valence-corrected chi connectivity index (χ2v) is 2.05. The Morgan fingerprint density at radius 3 is 2.90 bits per heavy atom. The van der Waals surface area contributed by atoms with Crippen LogP contribution in [0.4, 0.5) is 4.39 Å². The molecule has 0 aliphatic rings. The SMILES string of the molecule is FCCCCn1cncn1. The number of alkyl halides is 1. The van der Waals surface area contributed by atoms with E-state index in [1.54, 1.807) is 11.0 Å². The van der Waals surface area contributed by atoms with Crippen LogP contribution in [-0.2, 0) is 6.54 Å². The molecule has 0 saturated carbocycles. The van der Waals surface area contributed by atoms with Gasteiger partial charge in [-0.1, -0.05) is 0 Å². The summed E-state index contributed by atoms with van der Waals surface area (Å²) in [7, 11) is 0. The van der Waals surface area contributed by atoms with Gasteiger partial charge in [0.1, 0.15) is 12.7 Å². The van der Waals surface area contributed by atoms with E-state index in [0.29, 0.717) is 6.42 Å². The Kier molecular flexibility index (Phi) is 2.86. The molecule has 3 nitrogen and oxygen atoms in total. The summed E-state index contributed by atoms with van der Waals surface area (Å²) in [6.45, 7) is 0.526. The lowest BCUT2D eigenvalue weighted by molar-refractivity contribution is 0.439. The van der Waals surface area contributed by atoms with Gasteiger partial charge in [-0.2, -0.15) is 5.10 Å². The van der Waals surface area contributed by atoms with E-state index < -0.39 is 0 Å². The number of hydrogen-bond donors (Lipinski definition) is 0. The Labute approximate surface area is 58.9 Å². The number of nitrogens with zero attached hydrogens (tertiary/aromatic N) is 3. The van der Waals surface area contributed by atoms with Gasteiger partial charge in [0, 0.05) is 6.54 Å². The number of aromatic nitrogens is 3. The lowest BCUT2D eigenvalue weighted by atomic mass is 10.3. The Bertz CT molecular complexity index is 162. The van der Waals surface area contributed by atoms with Crippen LogP contribution in [0.5, 0.6) is 0 Å². The summed E-state index contributed by atoms with van der Waals surface area (Å²) in [4.78, 5) is 3.76. The van der Waals surface area contributed by atoms with Crippen LogP contribution in [0.15, 0.2) is 12.7 Å². The van der Waals surface area contributed by atoms with E-state index >= 15 is 0 Å². The summed E-state index contributed by atoms with van der Waals surface area (Å²) in [5.41, 5.74) is 0. The van der Waals surface area contributed by atoms with Gasteiger partial charge >= 0.3 is 0 Å². The molecule has 1 aromatic heterocycles. The van der Waals surface area contributed by atoms with Gasteiger partial charge in [0.2, 0.25) is 0 Å². The first kappa shape index (κ1) is 7.18. The topological polar surface area (TPSA) is 30.7 Å². The highest BCUT2D eigenvalue weighted by molar-refractivity contribution is 4.55. The minimum Gasteiger partial charge on any atom is -0.253 e. The molecular formula is C6H10FN3. The number of hydrogen-bond acceptors (Lipinski definition) is 2. The van der Waals surface area contributed by atoms with Gasteiger partial charge in [-0.3, -0.25) is 9.07 Å². The molecule has 1 aromatic rings. The highest BCUT2D eigenvalue weighted by Gasteiger charge is 1.89. The molecule has 10 heavy (non-hydrogen) atoms. The maximum Gasteiger partial charge on any atom is 0.137 e. The number of rotatable bonds is 4. The number of halogens is 1. The quantitative estimate of drug-likeness (QED) is 0.589. The molecule has 0 atom stereocenters. The fourth-order valence-corrected chi connectivity index (χ4v) is 0.716. The molecule has 0 unspecified atom stereocenters. The van der Waals surface area contributed by atoms with Crippen molar-refractivity contribution in [2.45, 2.75) is 19.4 Å². The lowest BCUT2D eigenvalue weighted by Gasteiger charge is -1.95. The van der Waals surface area contributed by atoms with E-state index in [2.05, 4.69) is 10.1 Å². The van der Waals surface area contributed by atoms with Gasteiger partial charge < -0.3 is 0 Å². The molecule has 1 heterocycles. The van der Waals surface area contributed by atoms with Crippen LogP contribution in [0.2, 0.25) is 0 Å². The molecule has 0 fully saturated rings. The molecule has 56 valence electrons. The Balaban J connectivity index is 2.15. The average Bonchev–Trinajstić information content (AvgIpc) is 2.41. The third-order valence-electron chi connectivity index (χ3n) is 1.24. The van der Waals surface area contributed by atoms with Crippen LogP contribution in [0.1, 0.15) is 12.8 Å². The lowest BCUT2D eigenvalue weighted by Crippen LogP contribution is -1.98. The van der Waals surface area contributed by atoms with Crippen LogP contribution < -0.4 is 0 Å². The highest BCUT2D eigenvalue weighted by Crippen LogP contribution is 1.92. The summed E-state index contributed by atoms with van der Waals surface area (Å²) in [5, 5.41) is 3.87. The summed E-state index contributed by atoms with van der Waals surface area (Å²) in [5.74, 6) is 0. The first-order chi connectivity index (χ1) is 4.93. The smallest absolute Gasteiger partial charge is 0.137 e. The van der Waals surface area contributed by atoms with Crippen molar-refractivity contribution in [3.63, 3.8) is 0 Å². The van der Waals surface area contributed by atoms with Gasteiger partial charge in [0.15, 0.2) is 0 Å². The molecule has 0 radical (unpaired) electrons. The summed E-state index contributed by atoms with van der Waals surface area (Å²) < 4.78 is 13.3. The van der Waals surface area contributed by atoms with Crippen molar-refractivity contribution in [3.05, 3.63) is 12.7 Å². The normalized spacial score (nSPS) is 10.1. The zero-order chi connectivity index (χ0) is 7.23. The highest BCUT2D eigenvalue weighted by atomic mass is 19.1. The van der Waals surface area contributed by atoms with Crippen molar-refractivity contribution < 1.29 is 4.39 Å². The third kappa shape index (κ3) is 2.13. The molecule has 0 bridgehead atoms. The van der Waals surface area contributed by atoms with Gasteiger partial charge in [-0.05, 0) is 12.8 Å². The molecule has 0 spiro atoms. The van der Waals surface area contributed by atoms with Gasteiger partial charge in [0.25, 0.3) is 0 Å². The maximum absolute atomic E-state index is 11.6. The zero-order valence-corrected chi connectivity index (χ0v) is 5.70. The van der Waals surface area contributed by atoms with Crippen molar-refractivity contribution >= 4 is 0 Å². The Morgan fingerprint density at radius 1 is 1.40 bits per heavy atom. The second kappa shape index (κ2) is 3.98. The number of unbranched alkanes of at least 4 members (excludes halogenated alkanes) is 1. The molecular weight excluding hydrogens is 133 g/mol. The first-order valence-electron chi connectivity index (χ1n) is 3.32. The fraction of sp³-hybridized carbons (Fsp3) is 0.667. The van der Waals surface area contributed by atoms with E-state index in [4.69, 9.17) is 0 Å². The Morgan fingerprint density at radius 2 is 2.30 bits per heavy atom. The van der Waals surface area contributed by atoms with Crippen LogP contribution in [0.25, 0.3) is 0 Å². The van der Waals surface area contributed by atoms with E-state index in [-0.39, 0.29) is 6.67 Å². The summed E-state index contributed by atoms with van der Waals surface area (Å²) >= 11 is 0. The third-order valence-corrected chi connectivity index (χ3v) is 1.24. The average molecular weight is 143 g/mol. The van der Waals surface area contributed by atoms with Gasteiger partial charge in [-0.15, -0.1) is 0 Å². The van der Waals surface area contributed by atoms with E-state index in [0.717, 1.165) is 13.0 Å². The van der Waals surface area contributed by atoms with Crippen LogP contribution in [0.3, 0.4) is 0 Å². The van der Waals surface area contributed by atoms with Crippen molar-refractivity contribution in [3.8, 4) is 0 Å². The Hall–Kier alpha value is -0.930. The standard InChI is InChI=1S/C6H10FN3/c7-3-1-2-4-10-6-8-5-9-10/h5-6H,1-4H2. The molecule has 0 amide bonds. The molecule has 1 rings (SSSR count). The summed E-state index contributed by atoms with van der Waals surface area (Å²) in [6, 6.07) is 0. The molecule has 0 saturated heterocycles. The molecule has 0 N–H and O–H groups in total. The van der Waals surface area contributed by atoms with Crippen molar-refractivity contribution in [2.24, 2.45) is 0 Å². The van der Waals surface area contributed by atoms with Gasteiger partial charge in [0.05, 0.1) is 6.67 Å². The van der Waals surface area contributed by atoms with Gasteiger partial charge in [-0.25, -0.2) is 4.98 Å². The fourth-order valence-electron chi connectivity index (χ4n) is 0.716. The minimum atomic E-state index is -0.241. The molecule has 0 aromatic carbocycles. The molecule has 4 heteroatoms. The predicted molar refractivity (Wildman–Crippen MR) is 35.2 cm³/mol. The van der Waals surface area contributed by atoms with Crippen LogP contribution in [-0.4, -0.2) is 21.4 Å². The minimum absolute atomic E-state index is 0.241. The summed E-state index contributed by atoms with van der Waals surface area (Å²) in [6.07, 6.45) is 4.56. The zero-order valence-electron chi connectivity index (χ0n) is 5.70. The van der Waals surface area contributed by atoms with Crippen LogP contribution in [0, 0.1) is 0 Å². The first-order valence-corrected chi connectivity index (χ1v) is 3.32. The van der Waals surface area contributed by atoms with Crippen molar-refractivity contribution in [1.82, 2.24) is 14.8 Å². The largest absolute Gasteiger partial charge is 0.253 e. The van der Waals surface area contributed by atoms with Crippen molar-refractivity contribution in [2.75, 3.05) is 6.67 Å². The monoisotopic (exact) mass is 143 g/mol.